The van der Waals surface area contributed by atoms with Crippen LogP contribution in [0, 0.1) is 0 Å². The molecule has 0 atom stereocenters. The van der Waals surface area contributed by atoms with Gasteiger partial charge in [0.05, 0.1) is 12.9 Å². The molecule has 3 aromatic rings. The van der Waals surface area contributed by atoms with Crippen molar-refractivity contribution < 1.29 is 4.79 Å². The largest absolute Gasteiger partial charge is 0.357 e. The second-order valence-electron chi connectivity index (χ2n) is 7.92. The van der Waals surface area contributed by atoms with Crippen LogP contribution >= 0.6 is 0 Å². The van der Waals surface area contributed by atoms with E-state index in [0.717, 1.165) is 43.3 Å². The number of aromatic nitrogens is 2. The predicted molar refractivity (Wildman–Crippen MR) is 127 cm³/mol. The lowest BCUT2D eigenvalue weighted by molar-refractivity contribution is -0.117. The maximum absolute atomic E-state index is 11.9. The summed E-state index contributed by atoms with van der Waals surface area (Å²) >= 11 is 0. The number of nitrogens with one attached hydrogen (secondary N) is 2. The molecule has 0 unspecified atom stereocenters. The Labute approximate surface area is 189 Å². The first-order chi connectivity index (χ1) is 15.7. The number of anilines is 1. The number of carbonyl (C=O) groups excluding carboxylic acids is 1. The number of rotatable bonds is 8. The molecular weight excluding hydrogens is 400 g/mol. The topological polar surface area (TPSA) is 74.6 Å². The number of benzene rings is 2. The number of hydrogen-bond acceptors (Lipinski definition) is 3. The molecule has 1 aliphatic heterocycles. The van der Waals surface area contributed by atoms with Crippen molar-refractivity contribution in [2.24, 2.45) is 4.99 Å². The Kier molecular flexibility index (Phi) is 7.17. The third-order valence-electron chi connectivity index (χ3n) is 5.46. The Hall–Kier alpha value is -3.61. The van der Waals surface area contributed by atoms with E-state index in [9.17, 15) is 4.79 Å². The number of hydrogen-bond donors (Lipinski definition) is 2. The number of imidazole rings is 1. The summed E-state index contributed by atoms with van der Waals surface area (Å²) in [6, 6.07) is 16.7. The van der Waals surface area contributed by atoms with Crippen molar-refractivity contribution in [2.75, 3.05) is 18.0 Å². The molecule has 1 amide bonds. The standard InChI is InChI=1S/C25H30N6O/c1-2-27-25(28-16-20-8-10-23(11-9-20)31-13-4-7-24(31)32)29-17-21-5-3-6-22(15-21)18-30-14-12-26-19-30/h3,5-6,8-12,14-15,19H,2,4,7,13,16-18H2,1H3,(H2,27,28,29). The van der Waals surface area contributed by atoms with Crippen molar-refractivity contribution in [3.63, 3.8) is 0 Å². The van der Waals surface area contributed by atoms with E-state index in [2.05, 4.69) is 63.5 Å². The second kappa shape index (κ2) is 10.6. The fraction of sp³-hybridized carbons (Fsp3) is 0.320. The Morgan fingerprint density at radius 2 is 1.94 bits per heavy atom. The van der Waals surface area contributed by atoms with Gasteiger partial charge < -0.3 is 20.1 Å². The van der Waals surface area contributed by atoms with Crippen LogP contribution in [0.1, 0.15) is 36.5 Å². The van der Waals surface area contributed by atoms with Gasteiger partial charge >= 0.3 is 0 Å². The Bertz CT molecular complexity index is 1040. The van der Waals surface area contributed by atoms with E-state index in [0.29, 0.717) is 19.5 Å². The number of guanidine groups is 1. The smallest absolute Gasteiger partial charge is 0.227 e. The van der Waals surface area contributed by atoms with E-state index in [-0.39, 0.29) is 5.91 Å². The molecule has 166 valence electrons. The molecule has 0 radical (unpaired) electrons. The highest BCUT2D eigenvalue weighted by Crippen LogP contribution is 2.21. The highest BCUT2D eigenvalue weighted by molar-refractivity contribution is 5.95. The fourth-order valence-corrected chi connectivity index (χ4v) is 3.83. The van der Waals surface area contributed by atoms with Crippen LogP contribution < -0.4 is 15.5 Å². The molecule has 2 heterocycles. The predicted octanol–water partition coefficient (Wildman–Crippen LogP) is 3.31. The Morgan fingerprint density at radius 1 is 1.09 bits per heavy atom. The van der Waals surface area contributed by atoms with Crippen LogP contribution in [0.2, 0.25) is 0 Å². The molecule has 0 aliphatic carbocycles. The van der Waals surface area contributed by atoms with E-state index in [1.165, 1.54) is 11.1 Å². The zero-order chi connectivity index (χ0) is 22.2. The van der Waals surface area contributed by atoms with Crippen molar-refractivity contribution in [1.82, 2.24) is 20.2 Å². The van der Waals surface area contributed by atoms with Gasteiger partial charge in [-0.2, -0.15) is 0 Å². The molecule has 4 rings (SSSR count). The highest BCUT2D eigenvalue weighted by Gasteiger charge is 2.21. The minimum Gasteiger partial charge on any atom is -0.357 e. The molecule has 0 saturated carbocycles. The molecule has 1 aromatic heterocycles. The molecule has 0 spiro atoms. The maximum Gasteiger partial charge on any atom is 0.227 e. The van der Waals surface area contributed by atoms with Gasteiger partial charge in [-0.1, -0.05) is 36.4 Å². The molecule has 0 bridgehead atoms. The minimum atomic E-state index is 0.214. The number of carbonyl (C=O) groups is 1. The molecule has 1 saturated heterocycles. The van der Waals surface area contributed by atoms with Crippen LogP contribution in [0.3, 0.4) is 0 Å². The first kappa shape index (κ1) is 21.6. The van der Waals surface area contributed by atoms with Crippen molar-refractivity contribution in [3.05, 3.63) is 83.9 Å². The van der Waals surface area contributed by atoms with Gasteiger partial charge in [0.1, 0.15) is 0 Å². The summed E-state index contributed by atoms with van der Waals surface area (Å²) in [5.41, 5.74) is 4.52. The summed E-state index contributed by atoms with van der Waals surface area (Å²) in [5, 5.41) is 6.71. The zero-order valence-electron chi connectivity index (χ0n) is 18.5. The number of aliphatic imine (C=N–C) groups is 1. The van der Waals surface area contributed by atoms with Crippen LogP contribution in [0.5, 0.6) is 0 Å². The first-order valence-electron chi connectivity index (χ1n) is 11.2. The Balaban J connectivity index is 1.34. The van der Waals surface area contributed by atoms with Gasteiger partial charge in [-0.25, -0.2) is 9.98 Å². The summed E-state index contributed by atoms with van der Waals surface area (Å²) in [5.74, 6) is 0.998. The van der Waals surface area contributed by atoms with Crippen LogP contribution in [-0.4, -0.2) is 34.5 Å². The summed E-state index contributed by atoms with van der Waals surface area (Å²) in [6.07, 6.45) is 7.18. The molecule has 7 heteroatoms. The molecule has 1 aliphatic rings. The van der Waals surface area contributed by atoms with Crippen LogP contribution in [0.4, 0.5) is 5.69 Å². The quantitative estimate of drug-likeness (QED) is 0.425. The van der Waals surface area contributed by atoms with Gasteiger partial charge in [0.25, 0.3) is 0 Å². The third kappa shape index (κ3) is 5.75. The van der Waals surface area contributed by atoms with Crippen LogP contribution in [0.15, 0.2) is 72.2 Å². The van der Waals surface area contributed by atoms with Gasteiger partial charge in [0.15, 0.2) is 5.96 Å². The first-order valence-corrected chi connectivity index (χ1v) is 11.2. The Morgan fingerprint density at radius 3 is 2.66 bits per heavy atom. The number of nitrogens with zero attached hydrogens (tertiary/aromatic N) is 4. The van der Waals surface area contributed by atoms with E-state index >= 15 is 0 Å². The van der Waals surface area contributed by atoms with Crippen LogP contribution in [0.25, 0.3) is 0 Å². The molecule has 2 N–H and O–H groups in total. The summed E-state index contributed by atoms with van der Waals surface area (Å²) in [6.45, 7) is 5.74. The van der Waals surface area contributed by atoms with Gasteiger partial charge in [-0.3, -0.25) is 4.79 Å². The highest BCUT2D eigenvalue weighted by atomic mass is 16.2. The molecule has 32 heavy (non-hydrogen) atoms. The summed E-state index contributed by atoms with van der Waals surface area (Å²) < 4.78 is 2.05. The monoisotopic (exact) mass is 430 g/mol. The number of amides is 1. The third-order valence-corrected chi connectivity index (χ3v) is 5.46. The lowest BCUT2D eigenvalue weighted by atomic mass is 10.1. The summed E-state index contributed by atoms with van der Waals surface area (Å²) in [4.78, 5) is 22.6. The van der Waals surface area contributed by atoms with E-state index in [4.69, 9.17) is 4.99 Å². The molecule has 1 fully saturated rings. The van der Waals surface area contributed by atoms with Gasteiger partial charge in [-0.15, -0.1) is 0 Å². The van der Waals surface area contributed by atoms with Crippen molar-refractivity contribution in [3.8, 4) is 0 Å². The maximum atomic E-state index is 11.9. The lowest BCUT2D eigenvalue weighted by Gasteiger charge is -2.16. The lowest BCUT2D eigenvalue weighted by Crippen LogP contribution is -2.36. The van der Waals surface area contributed by atoms with E-state index in [1.54, 1.807) is 6.20 Å². The normalized spacial score (nSPS) is 14.1. The minimum absolute atomic E-state index is 0.214. The molecule has 7 nitrogen and oxygen atoms in total. The van der Waals surface area contributed by atoms with Gasteiger partial charge in [-0.05, 0) is 42.2 Å². The van der Waals surface area contributed by atoms with Crippen molar-refractivity contribution >= 4 is 17.6 Å². The van der Waals surface area contributed by atoms with Crippen LogP contribution in [-0.2, 0) is 24.4 Å². The van der Waals surface area contributed by atoms with E-state index in [1.807, 2.05) is 29.6 Å². The second-order valence-corrected chi connectivity index (χ2v) is 7.92. The molecular formula is C25H30N6O. The van der Waals surface area contributed by atoms with Gasteiger partial charge in [0, 0.05) is 50.7 Å². The fourth-order valence-electron chi connectivity index (χ4n) is 3.83. The SMILES string of the molecule is CCNC(=NCc1cccc(Cn2ccnc2)c1)NCc1ccc(N2CCCC2=O)cc1. The van der Waals surface area contributed by atoms with E-state index < -0.39 is 0 Å². The van der Waals surface area contributed by atoms with Gasteiger partial charge in [0.2, 0.25) is 5.91 Å². The van der Waals surface area contributed by atoms with Crippen molar-refractivity contribution in [1.29, 1.82) is 0 Å². The average molecular weight is 431 g/mol. The average Bonchev–Trinajstić information content (AvgIpc) is 3.48. The summed E-state index contributed by atoms with van der Waals surface area (Å²) in [7, 11) is 0. The van der Waals surface area contributed by atoms with Crippen molar-refractivity contribution in [2.45, 2.75) is 39.4 Å². The zero-order valence-corrected chi connectivity index (χ0v) is 18.5. The molecule has 2 aromatic carbocycles.